The molecule has 0 aliphatic heterocycles. The van der Waals surface area contributed by atoms with Crippen molar-refractivity contribution >= 4 is 55.0 Å². The third kappa shape index (κ3) is 5.36. The van der Waals surface area contributed by atoms with Crippen LogP contribution in [-0.2, 0) is 20.9 Å². The van der Waals surface area contributed by atoms with Crippen LogP contribution in [0.5, 0.6) is 0 Å². The summed E-state index contributed by atoms with van der Waals surface area (Å²) in [6.45, 7) is 2.01. The topological polar surface area (TPSA) is 59.5 Å². The van der Waals surface area contributed by atoms with Gasteiger partial charge in [0.2, 0.25) is 5.91 Å². The van der Waals surface area contributed by atoms with Gasteiger partial charge in [0.15, 0.2) is 0 Å². The number of anilines is 1. The average molecular weight is 483 g/mol. The Hall–Kier alpha value is -2.39. The molecule has 0 fully saturated rings. The molecule has 2 aromatic carbocycles. The highest BCUT2D eigenvalue weighted by Gasteiger charge is 2.21. The first-order chi connectivity index (χ1) is 13.9. The number of amides is 1. The summed E-state index contributed by atoms with van der Waals surface area (Å²) >= 11 is 4.44. The van der Waals surface area contributed by atoms with Crippen LogP contribution in [0.2, 0.25) is 0 Å². The second-order valence-corrected chi connectivity index (χ2v) is 8.11. The molecule has 29 heavy (non-hydrogen) atoms. The van der Waals surface area contributed by atoms with E-state index in [0.29, 0.717) is 10.7 Å². The van der Waals surface area contributed by atoms with Crippen LogP contribution in [0.3, 0.4) is 0 Å². The summed E-state index contributed by atoms with van der Waals surface area (Å²) < 4.78 is 33.3. The van der Waals surface area contributed by atoms with Gasteiger partial charge in [-0.1, -0.05) is 22.0 Å². The lowest BCUT2D eigenvalue weighted by Crippen LogP contribution is -2.30. The van der Waals surface area contributed by atoms with Crippen LogP contribution in [-0.4, -0.2) is 23.5 Å². The van der Waals surface area contributed by atoms with Gasteiger partial charge in [-0.2, -0.15) is 0 Å². The van der Waals surface area contributed by atoms with E-state index >= 15 is 0 Å². The Balaban J connectivity index is 1.88. The Morgan fingerprint density at radius 2 is 2.00 bits per heavy atom. The SMILES string of the molecule is CCOC(=O)CCC(=O)N(Cc1nc2cc(F)cc(F)c2s1)c1cccc(Br)c1. The van der Waals surface area contributed by atoms with Crippen molar-refractivity contribution in [2.75, 3.05) is 11.5 Å². The first-order valence-electron chi connectivity index (χ1n) is 8.83. The number of halogens is 3. The van der Waals surface area contributed by atoms with Crippen LogP contribution in [0.25, 0.3) is 10.2 Å². The summed E-state index contributed by atoms with van der Waals surface area (Å²) in [6.07, 6.45) is -0.0872. The second-order valence-electron chi connectivity index (χ2n) is 6.11. The van der Waals surface area contributed by atoms with Gasteiger partial charge in [0.05, 0.1) is 29.8 Å². The van der Waals surface area contributed by atoms with Gasteiger partial charge in [-0.25, -0.2) is 13.8 Å². The maximum atomic E-state index is 14.0. The predicted octanol–water partition coefficient (Wildman–Crippen LogP) is 5.21. The minimum Gasteiger partial charge on any atom is -0.466 e. The zero-order chi connectivity index (χ0) is 21.0. The maximum absolute atomic E-state index is 14.0. The molecule has 0 aliphatic carbocycles. The molecule has 9 heteroatoms. The zero-order valence-electron chi connectivity index (χ0n) is 15.5. The number of rotatable bonds is 7. The molecule has 0 aliphatic rings. The number of nitrogens with zero attached hydrogens (tertiary/aromatic N) is 2. The number of hydrogen-bond donors (Lipinski definition) is 0. The van der Waals surface area contributed by atoms with E-state index in [0.717, 1.165) is 27.9 Å². The molecule has 3 aromatic rings. The molecule has 0 radical (unpaired) electrons. The molecule has 1 heterocycles. The molecule has 5 nitrogen and oxygen atoms in total. The number of esters is 1. The van der Waals surface area contributed by atoms with Crippen molar-refractivity contribution in [3.05, 3.63) is 57.5 Å². The molecule has 0 unspecified atom stereocenters. The lowest BCUT2D eigenvalue weighted by atomic mass is 10.2. The number of aromatic nitrogens is 1. The van der Waals surface area contributed by atoms with Gasteiger partial charge < -0.3 is 9.64 Å². The quantitative estimate of drug-likeness (QED) is 0.433. The fraction of sp³-hybridized carbons (Fsp3) is 0.250. The van der Waals surface area contributed by atoms with E-state index in [4.69, 9.17) is 4.74 Å². The van der Waals surface area contributed by atoms with Gasteiger partial charge in [0.25, 0.3) is 0 Å². The highest BCUT2D eigenvalue weighted by atomic mass is 79.9. The van der Waals surface area contributed by atoms with Gasteiger partial charge in [0.1, 0.15) is 16.6 Å². The van der Waals surface area contributed by atoms with Gasteiger partial charge in [-0.15, -0.1) is 11.3 Å². The highest BCUT2D eigenvalue weighted by molar-refractivity contribution is 9.10. The summed E-state index contributed by atoms with van der Waals surface area (Å²) in [4.78, 5) is 30.2. The summed E-state index contributed by atoms with van der Waals surface area (Å²) in [7, 11) is 0. The lowest BCUT2D eigenvalue weighted by molar-refractivity contribution is -0.144. The van der Waals surface area contributed by atoms with Crippen LogP contribution < -0.4 is 4.90 Å². The first-order valence-corrected chi connectivity index (χ1v) is 10.4. The van der Waals surface area contributed by atoms with Crippen LogP contribution in [0.1, 0.15) is 24.8 Å². The Labute approximate surface area is 178 Å². The number of carbonyl (C=O) groups excluding carboxylic acids is 2. The van der Waals surface area contributed by atoms with E-state index in [2.05, 4.69) is 20.9 Å². The molecular weight excluding hydrogens is 466 g/mol. The monoisotopic (exact) mass is 482 g/mol. The van der Waals surface area contributed by atoms with E-state index in [1.165, 1.54) is 4.90 Å². The Kier molecular flexibility index (Phi) is 6.92. The van der Waals surface area contributed by atoms with Crippen LogP contribution in [0.15, 0.2) is 40.9 Å². The molecule has 3 rings (SSSR count). The van der Waals surface area contributed by atoms with Gasteiger partial charge in [-0.3, -0.25) is 9.59 Å². The molecule has 0 spiro atoms. The van der Waals surface area contributed by atoms with Crippen LogP contribution in [0, 0.1) is 11.6 Å². The molecule has 0 saturated heterocycles. The minimum absolute atomic E-state index is 0.0424. The molecular formula is C20H17BrF2N2O3S. The van der Waals surface area contributed by atoms with Crippen molar-refractivity contribution < 1.29 is 23.1 Å². The summed E-state index contributed by atoms with van der Waals surface area (Å²) in [5.74, 6) is -2.15. The summed E-state index contributed by atoms with van der Waals surface area (Å²) in [5.41, 5.74) is 0.801. The lowest BCUT2D eigenvalue weighted by Gasteiger charge is -2.22. The number of carbonyl (C=O) groups is 2. The number of benzene rings is 2. The molecule has 0 saturated carbocycles. The standard InChI is InChI=1S/C20H17BrF2N2O3S/c1-2-28-19(27)7-6-18(26)25(14-5-3-4-12(21)8-14)11-17-24-16-10-13(22)9-15(23)20(16)29-17/h3-5,8-10H,2,6-7,11H2,1H3. The van der Waals surface area contributed by atoms with Crippen LogP contribution >= 0.6 is 27.3 Å². The average Bonchev–Trinajstić information content (AvgIpc) is 3.07. The fourth-order valence-electron chi connectivity index (χ4n) is 2.75. The number of thiazole rings is 1. The van der Waals surface area contributed by atoms with E-state index < -0.39 is 17.6 Å². The smallest absolute Gasteiger partial charge is 0.306 e. The fourth-order valence-corrected chi connectivity index (χ4v) is 4.08. The molecule has 152 valence electrons. The van der Waals surface area contributed by atoms with Crippen molar-refractivity contribution in [3.63, 3.8) is 0 Å². The van der Waals surface area contributed by atoms with E-state index in [-0.39, 0.29) is 42.1 Å². The van der Waals surface area contributed by atoms with Crippen molar-refractivity contribution in [2.24, 2.45) is 0 Å². The second kappa shape index (κ2) is 9.41. The predicted molar refractivity (Wildman–Crippen MR) is 111 cm³/mol. The molecule has 0 N–H and O–H groups in total. The van der Waals surface area contributed by atoms with E-state index in [1.807, 2.05) is 6.07 Å². The Morgan fingerprint density at radius 3 is 2.72 bits per heavy atom. The van der Waals surface area contributed by atoms with Crippen molar-refractivity contribution in [1.82, 2.24) is 4.98 Å². The van der Waals surface area contributed by atoms with Gasteiger partial charge >= 0.3 is 5.97 Å². The van der Waals surface area contributed by atoms with Gasteiger partial charge in [-0.05, 0) is 25.1 Å². The normalized spacial score (nSPS) is 10.9. The van der Waals surface area contributed by atoms with Gasteiger partial charge in [0, 0.05) is 28.7 Å². The number of fused-ring (bicyclic) bond motifs is 1. The highest BCUT2D eigenvalue weighted by Crippen LogP contribution is 2.29. The Morgan fingerprint density at radius 1 is 1.21 bits per heavy atom. The first kappa shape index (κ1) is 21.3. The molecule has 0 atom stereocenters. The van der Waals surface area contributed by atoms with Crippen molar-refractivity contribution in [1.29, 1.82) is 0 Å². The largest absolute Gasteiger partial charge is 0.466 e. The minimum atomic E-state index is -0.707. The number of hydrogen-bond acceptors (Lipinski definition) is 5. The molecule has 0 bridgehead atoms. The number of ether oxygens (including phenoxy) is 1. The molecule has 1 aromatic heterocycles. The summed E-state index contributed by atoms with van der Waals surface area (Å²) in [6, 6.07) is 9.07. The Bertz CT molecular complexity index is 1060. The third-order valence-corrected chi connectivity index (χ3v) is 5.57. The van der Waals surface area contributed by atoms with E-state index in [1.54, 1.807) is 25.1 Å². The zero-order valence-corrected chi connectivity index (χ0v) is 17.9. The van der Waals surface area contributed by atoms with E-state index in [9.17, 15) is 18.4 Å². The third-order valence-electron chi connectivity index (χ3n) is 4.02. The van der Waals surface area contributed by atoms with Crippen molar-refractivity contribution in [3.8, 4) is 0 Å². The maximum Gasteiger partial charge on any atom is 0.306 e. The van der Waals surface area contributed by atoms with Crippen LogP contribution in [0.4, 0.5) is 14.5 Å². The summed E-state index contributed by atoms with van der Waals surface area (Å²) in [5, 5.41) is 0.453. The molecule has 1 amide bonds. The van der Waals surface area contributed by atoms with Crippen molar-refractivity contribution in [2.45, 2.75) is 26.3 Å².